The summed E-state index contributed by atoms with van der Waals surface area (Å²) in [4.78, 5) is 49.4. The summed E-state index contributed by atoms with van der Waals surface area (Å²) in [6.07, 6.45) is 1.66. The fourth-order valence-electron chi connectivity index (χ4n) is 3.20. The molecule has 0 aliphatic carbocycles. The maximum absolute atomic E-state index is 12.8. The van der Waals surface area contributed by atoms with Gasteiger partial charge >= 0.3 is 5.97 Å². The highest BCUT2D eigenvalue weighted by Gasteiger charge is 2.23. The molecule has 0 aliphatic rings. The number of carbonyl (C=O) groups is 3. The molecule has 3 aromatic rings. The first kappa shape index (κ1) is 22.7. The molecule has 2 aromatic carbocycles. The van der Waals surface area contributed by atoms with E-state index in [2.05, 4.69) is 5.32 Å². The van der Waals surface area contributed by atoms with Crippen molar-refractivity contribution in [2.45, 2.75) is 32.5 Å². The molecule has 0 saturated heterocycles. The van der Waals surface area contributed by atoms with Gasteiger partial charge in [-0.15, -0.1) is 0 Å². The van der Waals surface area contributed by atoms with Crippen molar-refractivity contribution in [3.8, 4) is 0 Å². The number of amides is 1. The monoisotopic (exact) mass is 432 g/mol. The lowest BCUT2D eigenvalue weighted by Crippen LogP contribution is -2.45. The average molecular weight is 432 g/mol. The highest BCUT2D eigenvalue weighted by atomic mass is 16.5. The van der Waals surface area contributed by atoms with Gasteiger partial charge in [-0.25, -0.2) is 4.79 Å². The molecule has 7 heteroatoms. The van der Waals surface area contributed by atoms with E-state index >= 15 is 0 Å². The molecule has 32 heavy (non-hydrogen) atoms. The second-order valence-electron chi connectivity index (χ2n) is 7.31. The lowest BCUT2D eigenvalue weighted by molar-refractivity contribution is -0.149. The number of ether oxygens (including phenoxy) is 1. The van der Waals surface area contributed by atoms with Crippen molar-refractivity contribution >= 4 is 17.7 Å². The number of nitrogens with one attached hydrogen (secondary N) is 1. The molecule has 7 nitrogen and oxygen atoms in total. The topological polar surface area (TPSA) is 94.5 Å². The molecule has 1 atom stereocenters. The molecule has 1 N–H and O–H groups in total. The minimum absolute atomic E-state index is 0.00315. The van der Waals surface area contributed by atoms with Gasteiger partial charge in [-0.05, 0) is 30.2 Å². The van der Waals surface area contributed by atoms with Gasteiger partial charge in [0.05, 0.1) is 5.56 Å². The lowest BCUT2D eigenvalue weighted by Gasteiger charge is -2.18. The highest BCUT2D eigenvalue weighted by Crippen LogP contribution is 2.07. The summed E-state index contributed by atoms with van der Waals surface area (Å²) in [6.45, 7) is 1.05. The van der Waals surface area contributed by atoms with Crippen molar-refractivity contribution in [3.63, 3.8) is 0 Å². The second kappa shape index (κ2) is 10.9. The number of esters is 1. The Morgan fingerprint density at radius 3 is 2.16 bits per heavy atom. The molecular formula is C25H24N2O5. The van der Waals surface area contributed by atoms with Crippen LogP contribution >= 0.6 is 0 Å². The van der Waals surface area contributed by atoms with Crippen LogP contribution in [0.1, 0.15) is 28.4 Å². The lowest BCUT2D eigenvalue weighted by atomic mass is 10.1. The first-order valence-electron chi connectivity index (χ1n) is 10.2. The Morgan fingerprint density at radius 2 is 1.53 bits per heavy atom. The van der Waals surface area contributed by atoms with Crippen LogP contribution in [0, 0.1) is 0 Å². The standard InChI is InChI=1S/C25H24N2O5/c1-18(28)21-13-8-14-27(24(21)30)16-23(29)26-22(15-19-9-4-2-5-10-19)25(31)32-17-20-11-6-3-7-12-20/h2-14,22H,15-17H2,1H3,(H,26,29)/t22-/m0/s1. The minimum Gasteiger partial charge on any atom is -0.459 e. The first-order valence-corrected chi connectivity index (χ1v) is 10.2. The number of benzene rings is 2. The van der Waals surface area contributed by atoms with Gasteiger partial charge in [0.25, 0.3) is 5.56 Å². The molecule has 3 rings (SSSR count). The van der Waals surface area contributed by atoms with Crippen molar-refractivity contribution < 1.29 is 19.1 Å². The van der Waals surface area contributed by atoms with Crippen LogP contribution in [0.5, 0.6) is 0 Å². The molecule has 0 aliphatic heterocycles. The Hall–Kier alpha value is -4.00. The Kier molecular flexibility index (Phi) is 7.70. The molecule has 0 radical (unpaired) electrons. The smallest absolute Gasteiger partial charge is 0.329 e. The van der Waals surface area contributed by atoms with E-state index in [1.807, 2.05) is 60.7 Å². The van der Waals surface area contributed by atoms with Gasteiger partial charge in [0.15, 0.2) is 5.78 Å². The maximum atomic E-state index is 12.8. The molecule has 164 valence electrons. The number of aromatic nitrogens is 1. The Balaban J connectivity index is 1.72. The third-order valence-electron chi connectivity index (χ3n) is 4.84. The molecule has 0 unspecified atom stereocenters. The second-order valence-corrected chi connectivity index (χ2v) is 7.31. The third kappa shape index (κ3) is 6.25. The van der Waals surface area contributed by atoms with E-state index < -0.39 is 23.5 Å². The molecule has 0 bridgehead atoms. The van der Waals surface area contributed by atoms with Gasteiger partial charge in [-0.2, -0.15) is 0 Å². The number of pyridine rings is 1. The van der Waals surface area contributed by atoms with Gasteiger partial charge in [-0.1, -0.05) is 60.7 Å². The zero-order valence-corrected chi connectivity index (χ0v) is 17.7. The Morgan fingerprint density at radius 1 is 0.906 bits per heavy atom. The van der Waals surface area contributed by atoms with Crippen LogP contribution in [-0.2, 0) is 33.9 Å². The minimum atomic E-state index is -0.930. The molecular weight excluding hydrogens is 408 g/mol. The highest BCUT2D eigenvalue weighted by molar-refractivity contribution is 5.93. The Bertz CT molecular complexity index is 1140. The van der Waals surface area contributed by atoms with E-state index in [9.17, 15) is 19.2 Å². The molecule has 1 aromatic heterocycles. The summed E-state index contributed by atoms with van der Waals surface area (Å²) in [5, 5.41) is 2.67. The van der Waals surface area contributed by atoms with Gasteiger partial charge in [0.1, 0.15) is 19.2 Å². The summed E-state index contributed by atoms with van der Waals surface area (Å²) < 4.78 is 6.56. The van der Waals surface area contributed by atoms with Gasteiger partial charge in [0, 0.05) is 12.6 Å². The normalized spacial score (nSPS) is 11.4. The first-order chi connectivity index (χ1) is 15.4. The van der Waals surface area contributed by atoms with Gasteiger partial charge in [-0.3, -0.25) is 14.4 Å². The number of hydrogen-bond donors (Lipinski definition) is 1. The van der Waals surface area contributed by atoms with E-state index in [1.165, 1.54) is 25.3 Å². The van der Waals surface area contributed by atoms with Crippen molar-refractivity contribution in [1.82, 2.24) is 9.88 Å². The Labute approximate surface area is 185 Å². The zero-order chi connectivity index (χ0) is 22.9. The number of Topliss-reactive ketones (excluding diaryl/α,β-unsaturated/α-hetero) is 1. The summed E-state index contributed by atoms with van der Waals surface area (Å²) in [5.74, 6) is -1.49. The van der Waals surface area contributed by atoms with E-state index in [4.69, 9.17) is 4.74 Å². The van der Waals surface area contributed by atoms with E-state index in [0.29, 0.717) is 0 Å². The number of hydrogen-bond acceptors (Lipinski definition) is 5. The van der Waals surface area contributed by atoms with Crippen LogP contribution in [-0.4, -0.2) is 28.3 Å². The molecule has 1 heterocycles. The largest absolute Gasteiger partial charge is 0.459 e. The van der Waals surface area contributed by atoms with E-state index in [-0.39, 0.29) is 30.9 Å². The number of carbonyl (C=O) groups excluding carboxylic acids is 3. The summed E-state index contributed by atoms with van der Waals surface area (Å²) in [7, 11) is 0. The zero-order valence-electron chi connectivity index (χ0n) is 17.7. The van der Waals surface area contributed by atoms with Crippen molar-refractivity contribution in [2.75, 3.05) is 0 Å². The quantitative estimate of drug-likeness (QED) is 0.414. The van der Waals surface area contributed by atoms with Gasteiger partial charge in [0.2, 0.25) is 5.91 Å². The third-order valence-corrected chi connectivity index (χ3v) is 4.84. The molecule has 0 fully saturated rings. The summed E-state index contributed by atoms with van der Waals surface area (Å²) >= 11 is 0. The maximum Gasteiger partial charge on any atom is 0.329 e. The number of nitrogens with zero attached hydrogens (tertiary/aromatic N) is 1. The average Bonchev–Trinajstić information content (AvgIpc) is 2.79. The van der Waals surface area contributed by atoms with Crippen LogP contribution in [0.25, 0.3) is 0 Å². The van der Waals surface area contributed by atoms with Crippen LogP contribution in [0.4, 0.5) is 0 Å². The van der Waals surface area contributed by atoms with Crippen LogP contribution in [0.2, 0.25) is 0 Å². The molecule has 0 saturated carbocycles. The molecule has 1 amide bonds. The predicted molar refractivity (Wildman–Crippen MR) is 119 cm³/mol. The fourth-order valence-corrected chi connectivity index (χ4v) is 3.20. The fraction of sp³-hybridized carbons (Fsp3) is 0.200. The van der Waals surface area contributed by atoms with Crippen molar-refractivity contribution in [2.24, 2.45) is 0 Å². The number of rotatable bonds is 9. The van der Waals surface area contributed by atoms with Gasteiger partial charge < -0.3 is 14.6 Å². The molecule has 0 spiro atoms. The van der Waals surface area contributed by atoms with E-state index in [0.717, 1.165) is 15.7 Å². The van der Waals surface area contributed by atoms with Crippen LogP contribution in [0.3, 0.4) is 0 Å². The van der Waals surface area contributed by atoms with Crippen molar-refractivity contribution in [3.05, 3.63) is 106 Å². The van der Waals surface area contributed by atoms with Crippen LogP contribution < -0.4 is 10.9 Å². The number of ketones is 1. The van der Waals surface area contributed by atoms with E-state index in [1.54, 1.807) is 0 Å². The SMILES string of the molecule is CC(=O)c1cccn(CC(=O)N[C@@H](Cc2ccccc2)C(=O)OCc2ccccc2)c1=O. The van der Waals surface area contributed by atoms with Crippen molar-refractivity contribution in [1.29, 1.82) is 0 Å². The summed E-state index contributed by atoms with van der Waals surface area (Å²) in [6, 6.07) is 20.5. The summed E-state index contributed by atoms with van der Waals surface area (Å²) in [5.41, 5.74) is 1.13. The van der Waals surface area contributed by atoms with Crippen LogP contribution in [0.15, 0.2) is 83.8 Å². The predicted octanol–water partition coefficient (Wildman–Crippen LogP) is 2.52.